The molecule has 78 valence electrons. The molecule has 1 aliphatic rings. The molecule has 0 aromatic heterocycles. The molecule has 1 rings (SSSR count). The first-order chi connectivity index (χ1) is 5.94. The lowest BCUT2D eigenvalue weighted by Crippen LogP contribution is -2.21. The molecule has 1 saturated heterocycles. The Kier molecular flexibility index (Phi) is 6.20. The molecule has 0 spiro atoms. The van der Waals surface area contributed by atoms with Crippen LogP contribution in [0, 0.1) is 0 Å². The molecule has 0 aromatic rings. The topological polar surface area (TPSA) is 63.5 Å². The van der Waals surface area contributed by atoms with Gasteiger partial charge >= 0.3 is 0 Å². The van der Waals surface area contributed by atoms with Crippen LogP contribution in [0.1, 0.15) is 32.6 Å². The predicted molar refractivity (Wildman–Crippen MR) is 52.9 cm³/mol. The van der Waals surface area contributed by atoms with Gasteiger partial charge in [0.15, 0.2) is 0 Å². The molecule has 0 amide bonds. The summed E-state index contributed by atoms with van der Waals surface area (Å²) in [5.74, 6) is 0.799. The van der Waals surface area contributed by atoms with Crippen LogP contribution < -0.4 is 5.11 Å². The summed E-state index contributed by atoms with van der Waals surface area (Å²) in [6.45, 7) is 4.42. The first-order valence-electron chi connectivity index (χ1n) is 4.35. The zero-order valence-electron chi connectivity index (χ0n) is 7.95. The van der Waals surface area contributed by atoms with E-state index in [1.165, 1.54) is 18.7 Å². The summed E-state index contributed by atoms with van der Waals surface area (Å²) < 4.78 is 0. The molecule has 0 unspecified atom stereocenters. The average Bonchev–Trinajstić information content (AvgIpc) is 2.11. The van der Waals surface area contributed by atoms with Crippen LogP contribution in [0.25, 0.3) is 0 Å². The Morgan fingerprint density at radius 1 is 1.38 bits per heavy atom. The van der Waals surface area contributed by atoms with E-state index in [1.54, 1.807) is 0 Å². The van der Waals surface area contributed by atoms with Crippen molar-refractivity contribution in [3.63, 3.8) is 0 Å². The fraction of sp³-hybridized carbons (Fsp3) is 0.778. The average molecular weight is 205 g/mol. The molecule has 1 heterocycles. The molecular weight excluding hydrogens is 188 g/mol. The van der Waals surface area contributed by atoms with Crippen LogP contribution in [0.2, 0.25) is 0 Å². The third-order valence-corrected chi connectivity index (χ3v) is 2.64. The van der Waals surface area contributed by atoms with Crippen LogP contribution in [0.15, 0.2) is 12.3 Å². The van der Waals surface area contributed by atoms with Crippen molar-refractivity contribution in [2.24, 2.45) is 0 Å². The van der Waals surface area contributed by atoms with Crippen LogP contribution >= 0.6 is 11.8 Å². The monoisotopic (exact) mass is 205 g/mol. The number of allylic oxidation sites excluding steroid dienone is 1. The van der Waals surface area contributed by atoms with Gasteiger partial charge in [-0.05, 0) is 18.6 Å². The maximum atomic E-state index is 9.33. The second kappa shape index (κ2) is 6.29. The summed E-state index contributed by atoms with van der Waals surface area (Å²) in [7, 11) is 0. The van der Waals surface area contributed by atoms with Crippen molar-refractivity contribution in [1.82, 2.24) is 0 Å². The quantitative estimate of drug-likeness (QED) is 0.454. The van der Waals surface area contributed by atoms with Gasteiger partial charge in [0.2, 0.25) is 5.12 Å². The number of rotatable bonds is 0. The van der Waals surface area contributed by atoms with Gasteiger partial charge in [-0.2, -0.15) is 0 Å². The largest absolute Gasteiger partial charge is 0.876 e. The molecule has 0 aliphatic carbocycles. The van der Waals surface area contributed by atoms with Crippen molar-refractivity contribution in [3.05, 3.63) is 12.3 Å². The SMILES string of the molecule is C=C(C)[O-].OC1(O)CCCCCS1. The second-order valence-corrected chi connectivity index (χ2v) is 4.46. The van der Waals surface area contributed by atoms with Crippen LogP contribution in [-0.2, 0) is 0 Å². The molecule has 0 aromatic carbocycles. The van der Waals surface area contributed by atoms with E-state index >= 15 is 0 Å². The molecule has 0 saturated carbocycles. The molecule has 1 fully saturated rings. The Balaban J connectivity index is 0.000000310. The molecule has 0 bridgehead atoms. The summed E-state index contributed by atoms with van der Waals surface area (Å²) in [4.78, 5) is 0. The third kappa shape index (κ3) is 9.73. The van der Waals surface area contributed by atoms with Crippen LogP contribution in [0.5, 0.6) is 0 Å². The molecule has 3 nitrogen and oxygen atoms in total. The van der Waals surface area contributed by atoms with Gasteiger partial charge in [0.1, 0.15) is 0 Å². The van der Waals surface area contributed by atoms with E-state index in [4.69, 9.17) is 10.2 Å². The Bertz CT molecular complexity index is 143. The highest BCUT2D eigenvalue weighted by molar-refractivity contribution is 8.00. The van der Waals surface area contributed by atoms with Crippen molar-refractivity contribution in [3.8, 4) is 0 Å². The van der Waals surface area contributed by atoms with E-state index in [1.807, 2.05) is 0 Å². The standard InChI is InChI=1S/C6H12O2S.C3H6O/c7-6(8)4-2-1-3-5-9-6;1-3(2)4/h7-8H,1-5H2;4H,1H2,2H3/p-1. The number of thioether (sulfide) groups is 1. The molecule has 0 atom stereocenters. The number of hydrogen-bond acceptors (Lipinski definition) is 4. The Morgan fingerprint density at radius 2 is 1.92 bits per heavy atom. The number of hydrogen-bond donors (Lipinski definition) is 2. The maximum absolute atomic E-state index is 9.33. The summed E-state index contributed by atoms with van der Waals surface area (Å²) in [5.41, 5.74) is 0. The van der Waals surface area contributed by atoms with E-state index in [0.717, 1.165) is 25.0 Å². The minimum atomic E-state index is -1.42. The Morgan fingerprint density at radius 3 is 2.46 bits per heavy atom. The second-order valence-electron chi connectivity index (χ2n) is 3.10. The molecule has 2 N–H and O–H groups in total. The highest BCUT2D eigenvalue weighted by Crippen LogP contribution is 2.29. The molecule has 1 aliphatic heterocycles. The smallest absolute Gasteiger partial charge is 0.213 e. The van der Waals surface area contributed by atoms with Crippen molar-refractivity contribution >= 4 is 11.8 Å². The van der Waals surface area contributed by atoms with Gasteiger partial charge in [-0.1, -0.05) is 25.1 Å². The lowest BCUT2D eigenvalue weighted by Gasteiger charge is -2.16. The first-order valence-corrected chi connectivity index (χ1v) is 5.34. The van der Waals surface area contributed by atoms with E-state index in [0.29, 0.717) is 6.42 Å². The molecule has 4 heteroatoms. The summed E-state index contributed by atoms with van der Waals surface area (Å²) >= 11 is 1.25. The van der Waals surface area contributed by atoms with Crippen molar-refractivity contribution in [1.29, 1.82) is 0 Å². The zero-order valence-corrected chi connectivity index (χ0v) is 8.77. The minimum absolute atomic E-state index is 0.0833. The lowest BCUT2D eigenvalue weighted by molar-refractivity contribution is -0.300. The first kappa shape index (κ1) is 12.8. The Hall–Kier alpha value is -0.190. The van der Waals surface area contributed by atoms with Crippen molar-refractivity contribution in [2.75, 3.05) is 5.75 Å². The molecular formula is C9H17O3S-. The summed E-state index contributed by atoms with van der Waals surface area (Å²) in [5, 5.41) is 26.1. The molecule has 0 radical (unpaired) electrons. The third-order valence-electron chi connectivity index (χ3n) is 1.48. The maximum Gasteiger partial charge on any atom is 0.213 e. The minimum Gasteiger partial charge on any atom is -0.876 e. The Labute approximate surface area is 83.5 Å². The normalized spacial score (nSPS) is 20.8. The predicted octanol–water partition coefficient (Wildman–Crippen LogP) is 0.812. The zero-order chi connectivity index (χ0) is 10.3. The fourth-order valence-corrected chi connectivity index (χ4v) is 1.91. The van der Waals surface area contributed by atoms with Crippen molar-refractivity contribution < 1.29 is 15.3 Å². The number of aliphatic hydroxyl groups is 2. The van der Waals surface area contributed by atoms with Gasteiger partial charge in [0.25, 0.3) is 0 Å². The van der Waals surface area contributed by atoms with Crippen molar-refractivity contribution in [2.45, 2.75) is 37.7 Å². The van der Waals surface area contributed by atoms with Gasteiger partial charge in [-0.15, -0.1) is 12.3 Å². The highest BCUT2D eigenvalue weighted by Gasteiger charge is 2.24. The van der Waals surface area contributed by atoms with Gasteiger partial charge in [0.05, 0.1) is 0 Å². The van der Waals surface area contributed by atoms with Gasteiger partial charge < -0.3 is 15.3 Å². The summed E-state index contributed by atoms with van der Waals surface area (Å²) in [6.07, 6.45) is 3.72. The summed E-state index contributed by atoms with van der Waals surface area (Å²) in [6, 6.07) is 0. The van der Waals surface area contributed by atoms with Crippen LogP contribution in [0.4, 0.5) is 0 Å². The lowest BCUT2D eigenvalue weighted by atomic mass is 10.2. The fourth-order valence-electron chi connectivity index (χ4n) is 0.942. The van der Waals surface area contributed by atoms with Crippen LogP contribution in [0.3, 0.4) is 0 Å². The van der Waals surface area contributed by atoms with E-state index < -0.39 is 5.12 Å². The van der Waals surface area contributed by atoms with Gasteiger partial charge in [0, 0.05) is 6.42 Å². The van der Waals surface area contributed by atoms with E-state index in [-0.39, 0.29) is 5.76 Å². The van der Waals surface area contributed by atoms with Gasteiger partial charge in [-0.3, -0.25) is 0 Å². The van der Waals surface area contributed by atoms with E-state index in [2.05, 4.69) is 6.58 Å². The van der Waals surface area contributed by atoms with Crippen LogP contribution in [-0.4, -0.2) is 21.1 Å². The highest BCUT2D eigenvalue weighted by atomic mass is 32.2. The molecule has 13 heavy (non-hydrogen) atoms. The van der Waals surface area contributed by atoms with E-state index in [9.17, 15) is 5.11 Å². The van der Waals surface area contributed by atoms with Gasteiger partial charge in [-0.25, -0.2) is 0 Å².